The largest absolute Gasteiger partial charge is 0.357 e. The number of fused-ring (bicyclic) bond motifs is 2. The quantitative estimate of drug-likeness (QED) is 0.894. The monoisotopic (exact) mass is 316 g/mol. The van der Waals surface area contributed by atoms with E-state index in [1.807, 2.05) is 29.5 Å². The van der Waals surface area contributed by atoms with Gasteiger partial charge < -0.3 is 15.2 Å². The van der Waals surface area contributed by atoms with Crippen molar-refractivity contribution < 1.29 is 4.79 Å². The van der Waals surface area contributed by atoms with Gasteiger partial charge in [-0.05, 0) is 32.3 Å². The predicted octanol–water partition coefficient (Wildman–Crippen LogP) is 2.41. The van der Waals surface area contributed by atoms with Crippen LogP contribution in [-0.4, -0.2) is 45.9 Å². The highest BCUT2D eigenvalue weighted by molar-refractivity contribution is 7.09. The van der Waals surface area contributed by atoms with Gasteiger partial charge in [-0.15, -0.1) is 11.3 Å². The van der Waals surface area contributed by atoms with Crippen LogP contribution in [0.1, 0.15) is 34.8 Å². The van der Waals surface area contributed by atoms with Crippen LogP contribution in [0.4, 0.5) is 0 Å². The minimum Gasteiger partial charge on any atom is -0.357 e. The van der Waals surface area contributed by atoms with Gasteiger partial charge >= 0.3 is 0 Å². The summed E-state index contributed by atoms with van der Waals surface area (Å²) in [4.78, 5) is 22.3. The van der Waals surface area contributed by atoms with Crippen LogP contribution in [0.3, 0.4) is 0 Å². The fourth-order valence-corrected chi connectivity index (χ4v) is 4.08. The Labute approximate surface area is 133 Å². The summed E-state index contributed by atoms with van der Waals surface area (Å²) in [6, 6.07) is 2.99. The van der Waals surface area contributed by atoms with Gasteiger partial charge in [0.15, 0.2) is 0 Å². The van der Waals surface area contributed by atoms with Crippen LogP contribution in [0.25, 0.3) is 11.3 Å². The van der Waals surface area contributed by atoms with Gasteiger partial charge in [-0.3, -0.25) is 4.79 Å². The standard InChI is InChI=1S/C16H20N4OS/c1-10-18-15(9-22-10)11-6-14(17-7-11)16(21)20-5-4-12-2-3-13(8-20)19-12/h6-7,9,12-13,17,19H,2-5,8H2,1H3. The van der Waals surface area contributed by atoms with Crippen LogP contribution in [-0.2, 0) is 0 Å². The van der Waals surface area contributed by atoms with E-state index in [0.29, 0.717) is 17.8 Å². The molecule has 0 aromatic carbocycles. The van der Waals surface area contributed by atoms with Gasteiger partial charge in [0.05, 0.1) is 10.7 Å². The number of aromatic nitrogens is 2. The second kappa shape index (κ2) is 5.52. The molecule has 4 rings (SSSR count). The van der Waals surface area contributed by atoms with E-state index in [4.69, 9.17) is 0 Å². The van der Waals surface area contributed by atoms with Gasteiger partial charge in [-0.25, -0.2) is 4.98 Å². The van der Waals surface area contributed by atoms with Crippen LogP contribution < -0.4 is 5.32 Å². The smallest absolute Gasteiger partial charge is 0.270 e. The molecule has 2 aromatic heterocycles. The zero-order valence-electron chi connectivity index (χ0n) is 12.6. The molecule has 0 aliphatic carbocycles. The average Bonchev–Trinajstić information content (AvgIpc) is 3.18. The molecule has 2 atom stereocenters. The minimum absolute atomic E-state index is 0.104. The van der Waals surface area contributed by atoms with Gasteiger partial charge in [0.2, 0.25) is 0 Å². The molecule has 2 aliphatic heterocycles. The molecule has 0 radical (unpaired) electrons. The molecule has 1 amide bonds. The maximum absolute atomic E-state index is 12.7. The topological polar surface area (TPSA) is 61.0 Å². The van der Waals surface area contributed by atoms with E-state index in [0.717, 1.165) is 35.8 Å². The normalized spacial score (nSPS) is 24.5. The van der Waals surface area contributed by atoms with Crippen LogP contribution in [0.15, 0.2) is 17.6 Å². The van der Waals surface area contributed by atoms with Crippen molar-refractivity contribution in [2.45, 2.75) is 38.3 Å². The number of carbonyl (C=O) groups excluding carboxylic acids is 1. The van der Waals surface area contributed by atoms with E-state index in [2.05, 4.69) is 15.3 Å². The Morgan fingerprint density at radius 3 is 3.05 bits per heavy atom. The molecule has 2 unspecified atom stereocenters. The highest BCUT2D eigenvalue weighted by Gasteiger charge is 2.31. The SMILES string of the molecule is Cc1nc(-c2c[nH]c(C(=O)N3CCC4CCC(C3)N4)c2)cs1. The zero-order chi connectivity index (χ0) is 15.1. The third kappa shape index (κ3) is 2.57. The first-order valence-electron chi connectivity index (χ1n) is 7.85. The number of aryl methyl sites for hydroxylation is 1. The lowest BCUT2D eigenvalue weighted by Crippen LogP contribution is -2.39. The number of rotatable bonds is 2. The number of likely N-dealkylation sites (tertiary alicyclic amines) is 1. The first kappa shape index (κ1) is 14.0. The number of thiazole rings is 1. The highest BCUT2D eigenvalue weighted by atomic mass is 32.1. The van der Waals surface area contributed by atoms with Crippen LogP contribution in [0.5, 0.6) is 0 Å². The number of aromatic amines is 1. The van der Waals surface area contributed by atoms with E-state index < -0.39 is 0 Å². The Balaban J connectivity index is 1.52. The van der Waals surface area contributed by atoms with E-state index in [9.17, 15) is 4.79 Å². The third-order valence-corrected chi connectivity index (χ3v) is 5.41. The van der Waals surface area contributed by atoms with Crippen molar-refractivity contribution in [3.8, 4) is 11.3 Å². The number of amides is 1. The Kier molecular flexibility index (Phi) is 3.50. The number of hydrogen-bond donors (Lipinski definition) is 2. The summed E-state index contributed by atoms with van der Waals surface area (Å²) in [5, 5.41) is 6.68. The molecule has 2 fully saturated rings. The molecule has 0 spiro atoms. The molecule has 22 heavy (non-hydrogen) atoms. The molecule has 2 saturated heterocycles. The Bertz CT molecular complexity index is 692. The molecule has 2 N–H and O–H groups in total. The third-order valence-electron chi connectivity index (χ3n) is 4.64. The van der Waals surface area contributed by atoms with Gasteiger partial charge in [0, 0.05) is 42.3 Å². The summed E-state index contributed by atoms with van der Waals surface area (Å²) in [5.74, 6) is 0.104. The number of nitrogens with zero attached hydrogens (tertiary/aromatic N) is 2. The van der Waals surface area contributed by atoms with Crippen molar-refractivity contribution in [2.24, 2.45) is 0 Å². The van der Waals surface area contributed by atoms with Crippen molar-refractivity contribution in [3.05, 3.63) is 28.3 Å². The van der Waals surface area contributed by atoms with Gasteiger partial charge in [-0.1, -0.05) is 0 Å². The van der Waals surface area contributed by atoms with Crippen molar-refractivity contribution in [3.63, 3.8) is 0 Å². The number of nitrogens with one attached hydrogen (secondary N) is 2. The number of H-pyrrole nitrogens is 1. The van der Waals surface area contributed by atoms with Crippen molar-refractivity contribution >= 4 is 17.2 Å². The number of carbonyl (C=O) groups is 1. The summed E-state index contributed by atoms with van der Waals surface area (Å²) in [5.41, 5.74) is 2.59. The molecule has 4 heterocycles. The molecule has 2 aromatic rings. The summed E-state index contributed by atoms with van der Waals surface area (Å²) < 4.78 is 0. The summed E-state index contributed by atoms with van der Waals surface area (Å²) in [7, 11) is 0. The molecule has 2 aliphatic rings. The summed E-state index contributed by atoms with van der Waals surface area (Å²) >= 11 is 1.63. The fourth-order valence-electron chi connectivity index (χ4n) is 3.46. The Morgan fingerprint density at radius 2 is 2.23 bits per heavy atom. The maximum atomic E-state index is 12.7. The van der Waals surface area contributed by atoms with E-state index >= 15 is 0 Å². The van der Waals surface area contributed by atoms with Crippen LogP contribution in [0.2, 0.25) is 0 Å². The first-order chi connectivity index (χ1) is 10.7. The van der Waals surface area contributed by atoms with Crippen LogP contribution >= 0.6 is 11.3 Å². The van der Waals surface area contributed by atoms with Crippen molar-refractivity contribution in [2.75, 3.05) is 13.1 Å². The van der Waals surface area contributed by atoms with Gasteiger partial charge in [-0.2, -0.15) is 0 Å². The molecule has 2 bridgehead atoms. The lowest BCUT2D eigenvalue weighted by atomic mass is 10.1. The Hall–Kier alpha value is -1.66. The molecular formula is C16H20N4OS. The summed E-state index contributed by atoms with van der Waals surface area (Å²) in [6.45, 7) is 3.66. The number of hydrogen-bond acceptors (Lipinski definition) is 4. The van der Waals surface area contributed by atoms with E-state index in [-0.39, 0.29) is 5.91 Å². The molecule has 5 nitrogen and oxygen atoms in total. The fraction of sp³-hybridized carbons (Fsp3) is 0.500. The van der Waals surface area contributed by atoms with E-state index in [1.54, 1.807) is 11.3 Å². The lowest BCUT2D eigenvalue weighted by molar-refractivity contribution is 0.0743. The average molecular weight is 316 g/mol. The second-order valence-corrected chi connectivity index (χ2v) is 7.29. The maximum Gasteiger partial charge on any atom is 0.270 e. The highest BCUT2D eigenvalue weighted by Crippen LogP contribution is 2.24. The van der Waals surface area contributed by atoms with E-state index in [1.165, 1.54) is 12.8 Å². The van der Waals surface area contributed by atoms with Crippen molar-refractivity contribution in [1.29, 1.82) is 0 Å². The van der Waals surface area contributed by atoms with Crippen LogP contribution in [0, 0.1) is 6.92 Å². The molecule has 6 heteroatoms. The lowest BCUT2D eigenvalue weighted by Gasteiger charge is -2.23. The minimum atomic E-state index is 0.104. The van der Waals surface area contributed by atoms with Gasteiger partial charge in [0.1, 0.15) is 5.69 Å². The Morgan fingerprint density at radius 1 is 1.36 bits per heavy atom. The summed E-state index contributed by atoms with van der Waals surface area (Å²) in [6.07, 6.45) is 5.37. The molecule has 0 saturated carbocycles. The first-order valence-corrected chi connectivity index (χ1v) is 8.73. The second-order valence-electron chi connectivity index (χ2n) is 6.23. The predicted molar refractivity (Wildman–Crippen MR) is 87.1 cm³/mol. The molecule has 116 valence electrons. The van der Waals surface area contributed by atoms with Crippen molar-refractivity contribution in [1.82, 2.24) is 20.2 Å². The van der Waals surface area contributed by atoms with Gasteiger partial charge in [0.25, 0.3) is 5.91 Å². The zero-order valence-corrected chi connectivity index (χ0v) is 13.4. The molecular weight excluding hydrogens is 296 g/mol.